The van der Waals surface area contributed by atoms with Gasteiger partial charge in [0.2, 0.25) is 11.9 Å². The Morgan fingerprint density at radius 3 is 2.71 bits per heavy atom. The predicted octanol–water partition coefficient (Wildman–Crippen LogP) is 6.04. The molecule has 0 aliphatic carbocycles. The summed E-state index contributed by atoms with van der Waals surface area (Å²) >= 11 is 6.39. The summed E-state index contributed by atoms with van der Waals surface area (Å²) in [6.45, 7) is 1.33. The zero-order valence-corrected chi connectivity index (χ0v) is 23.4. The molecule has 0 spiro atoms. The fourth-order valence-electron chi connectivity index (χ4n) is 5.61. The van der Waals surface area contributed by atoms with Gasteiger partial charge >= 0.3 is 0 Å². The molecule has 4 heterocycles. The van der Waals surface area contributed by atoms with E-state index in [4.69, 9.17) is 11.6 Å². The van der Waals surface area contributed by atoms with Crippen molar-refractivity contribution in [2.75, 3.05) is 29.0 Å². The van der Waals surface area contributed by atoms with Gasteiger partial charge in [-0.15, -0.1) is 0 Å². The highest BCUT2D eigenvalue weighted by Crippen LogP contribution is 2.31. The Hall–Kier alpha value is -4.24. The summed E-state index contributed by atoms with van der Waals surface area (Å²) < 4.78 is 0. The van der Waals surface area contributed by atoms with Crippen LogP contribution < -0.4 is 16.0 Å². The van der Waals surface area contributed by atoms with Gasteiger partial charge in [-0.3, -0.25) is 14.6 Å². The fourth-order valence-corrected chi connectivity index (χ4v) is 5.74. The average molecular weight is 570 g/mol. The molecule has 0 radical (unpaired) electrons. The maximum atomic E-state index is 13.2. The number of nitrogens with one attached hydrogen (secondary N) is 3. The van der Waals surface area contributed by atoms with Crippen molar-refractivity contribution in [2.45, 2.75) is 38.5 Å². The summed E-state index contributed by atoms with van der Waals surface area (Å²) in [6, 6.07) is 15.3. The zero-order chi connectivity index (χ0) is 28.2. The van der Waals surface area contributed by atoms with Gasteiger partial charge in [-0.2, -0.15) is 4.98 Å². The van der Waals surface area contributed by atoms with Crippen LogP contribution in [-0.4, -0.2) is 46.0 Å². The van der Waals surface area contributed by atoms with Gasteiger partial charge in [0.1, 0.15) is 5.02 Å². The molecule has 0 saturated carbocycles. The molecule has 2 amide bonds. The lowest BCUT2D eigenvalue weighted by molar-refractivity contribution is -0.117. The molecule has 6 bridgehead atoms. The third-order valence-electron chi connectivity index (χ3n) is 7.85. The minimum atomic E-state index is -0.00477. The number of nitrogens with zero attached hydrogens (tertiary/aromatic N) is 4. The van der Waals surface area contributed by atoms with Gasteiger partial charge in [0.25, 0.3) is 5.91 Å². The lowest BCUT2D eigenvalue weighted by Crippen LogP contribution is -2.39. The fraction of sp³-hybridized carbons (Fsp3) is 0.323. The number of anilines is 4. The summed E-state index contributed by atoms with van der Waals surface area (Å²) in [4.78, 5) is 41.1. The summed E-state index contributed by atoms with van der Waals surface area (Å²) in [7, 11) is 0. The molecule has 3 aliphatic heterocycles. The van der Waals surface area contributed by atoms with Crippen molar-refractivity contribution in [2.24, 2.45) is 16.8 Å². The standard InChI is InChI=1S/C31H32ClN7O2/c32-26-19-34-31-36-25-14-21(17-33-18-25)6-7-23-16-24(35-29(26)38-31)8-9-27(23)37-28(40)15-20-10-12-39(13-11-20)30(41)22-4-2-1-3-5-22/h1-5,8-9,16-21H,6-7,10-15H2,(H,37,40)(H2,34,35,36,38). The number of rotatable bonds is 4. The van der Waals surface area contributed by atoms with E-state index in [9.17, 15) is 9.59 Å². The number of aromatic nitrogens is 2. The third kappa shape index (κ3) is 6.57. The number of likely N-dealkylation sites (tertiary alicyclic amines) is 1. The first-order valence-corrected chi connectivity index (χ1v) is 14.4. The van der Waals surface area contributed by atoms with Crippen molar-refractivity contribution in [1.29, 1.82) is 0 Å². The van der Waals surface area contributed by atoms with Crippen LogP contribution in [0.25, 0.3) is 0 Å². The number of amides is 2. The molecule has 41 heavy (non-hydrogen) atoms. The monoisotopic (exact) mass is 569 g/mol. The topological polar surface area (TPSA) is 112 Å². The molecular weight excluding hydrogens is 538 g/mol. The lowest BCUT2D eigenvalue weighted by Gasteiger charge is -2.32. The van der Waals surface area contributed by atoms with Crippen molar-refractivity contribution in [3.8, 4) is 0 Å². The van der Waals surface area contributed by atoms with Crippen LogP contribution in [0.1, 0.15) is 48.0 Å². The molecule has 10 heteroatoms. The molecule has 1 unspecified atom stereocenters. The highest BCUT2D eigenvalue weighted by atomic mass is 35.5. The quantitative estimate of drug-likeness (QED) is 0.353. The predicted molar refractivity (Wildman–Crippen MR) is 162 cm³/mol. The Morgan fingerprint density at radius 2 is 1.88 bits per heavy atom. The lowest BCUT2D eigenvalue weighted by atomic mass is 9.92. The van der Waals surface area contributed by atoms with Gasteiger partial charge in [0.15, 0.2) is 5.82 Å². The molecule has 210 valence electrons. The maximum Gasteiger partial charge on any atom is 0.253 e. The van der Waals surface area contributed by atoms with Crippen LogP contribution in [0, 0.1) is 11.8 Å². The SMILES string of the molecule is O=C(CC1CCN(C(=O)c2ccccc2)CC1)Nc1ccc2cc1CCC1C=NC=C(C1)Nc1ncc(Cl)c(n1)N2. The van der Waals surface area contributed by atoms with E-state index in [0.717, 1.165) is 54.7 Å². The molecule has 9 nitrogen and oxygen atoms in total. The maximum absolute atomic E-state index is 13.2. The second-order valence-corrected chi connectivity index (χ2v) is 11.2. The second-order valence-electron chi connectivity index (χ2n) is 10.8. The van der Waals surface area contributed by atoms with Gasteiger partial charge in [0, 0.05) is 60.5 Å². The van der Waals surface area contributed by atoms with Crippen LogP contribution in [0.2, 0.25) is 5.02 Å². The Bertz CT molecular complexity index is 1500. The van der Waals surface area contributed by atoms with Crippen molar-refractivity contribution < 1.29 is 9.59 Å². The minimum absolute atomic E-state index is 0.00477. The molecule has 1 fully saturated rings. The number of aryl methyl sites for hydroxylation is 1. The molecule has 3 N–H and O–H groups in total. The Labute approximate surface area is 244 Å². The number of hydrogen-bond acceptors (Lipinski definition) is 7. The molecule has 1 atom stereocenters. The zero-order valence-electron chi connectivity index (χ0n) is 22.6. The number of aliphatic imine (C=N–C) groups is 1. The molecule has 2 aromatic carbocycles. The molecule has 3 aromatic rings. The largest absolute Gasteiger partial charge is 0.339 e. The second kappa shape index (κ2) is 12.1. The number of fused-ring (bicyclic) bond motifs is 6. The van der Waals surface area contributed by atoms with Gasteiger partial charge in [-0.05, 0) is 73.9 Å². The van der Waals surface area contributed by atoms with Crippen LogP contribution in [-0.2, 0) is 11.2 Å². The average Bonchev–Trinajstić information content (AvgIpc) is 2.99. The summed E-state index contributed by atoms with van der Waals surface area (Å²) in [5.74, 6) is 1.50. The Morgan fingerprint density at radius 1 is 1.05 bits per heavy atom. The number of carbonyl (C=O) groups is 2. The minimum Gasteiger partial charge on any atom is -0.339 e. The van der Waals surface area contributed by atoms with Crippen molar-refractivity contribution in [3.05, 3.63) is 82.8 Å². The molecule has 3 aliphatic rings. The van der Waals surface area contributed by atoms with E-state index in [1.165, 1.54) is 0 Å². The van der Waals surface area contributed by atoms with E-state index in [2.05, 4.69) is 30.9 Å². The van der Waals surface area contributed by atoms with Crippen LogP contribution >= 0.6 is 11.6 Å². The number of allylic oxidation sites excluding steroid dienone is 1. The van der Waals surface area contributed by atoms with Gasteiger partial charge < -0.3 is 20.9 Å². The van der Waals surface area contributed by atoms with Gasteiger partial charge in [-0.25, -0.2) is 4.98 Å². The smallest absolute Gasteiger partial charge is 0.253 e. The van der Waals surface area contributed by atoms with Crippen molar-refractivity contribution >= 4 is 52.8 Å². The van der Waals surface area contributed by atoms with E-state index >= 15 is 0 Å². The highest BCUT2D eigenvalue weighted by Gasteiger charge is 2.25. The normalized spacial score (nSPS) is 18.5. The molecular formula is C31H32ClN7O2. The van der Waals surface area contributed by atoms with Gasteiger partial charge in [-0.1, -0.05) is 29.8 Å². The first-order valence-electron chi connectivity index (χ1n) is 14.1. The Balaban J connectivity index is 1.13. The molecule has 6 rings (SSSR count). The van der Waals surface area contributed by atoms with E-state index < -0.39 is 0 Å². The van der Waals surface area contributed by atoms with Crippen molar-refractivity contribution in [3.63, 3.8) is 0 Å². The molecule has 1 aromatic heterocycles. The van der Waals surface area contributed by atoms with E-state index in [-0.39, 0.29) is 23.7 Å². The number of carbonyl (C=O) groups excluding carboxylic acids is 2. The van der Waals surface area contributed by atoms with Gasteiger partial charge in [0.05, 0.1) is 6.20 Å². The van der Waals surface area contributed by atoms with Crippen LogP contribution in [0.3, 0.4) is 0 Å². The van der Waals surface area contributed by atoms with Crippen molar-refractivity contribution in [1.82, 2.24) is 14.9 Å². The number of piperidine rings is 1. The Kier molecular flexibility index (Phi) is 7.95. The first-order chi connectivity index (χ1) is 20.0. The van der Waals surface area contributed by atoms with E-state index in [1.807, 2.05) is 59.6 Å². The number of hydrogen-bond donors (Lipinski definition) is 3. The summed E-state index contributed by atoms with van der Waals surface area (Å²) in [5, 5.41) is 10.1. The van der Waals surface area contributed by atoms with E-state index in [1.54, 1.807) is 12.4 Å². The van der Waals surface area contributed by atoms with Crippen LogP contribution in [0.5, 0.6) is 0 Å². The number of halogens is 1. The van der Waals surface area contributed by atoms with E-state index in [0.29, 0.717) is 41.9 Å². The highest BCUT2D eigenvalue weighted by molar-refractivity contribution is 6.32. The number of benzene rings is 2. The summed E-state index contributed by atoms with van der Waals surface area (Å²) in [6.07, 6.45) is 9.85. The van der Waals surface area contributed by atoms with Crippen LogP contribution in [0.4, 0.5) is 23.1 Å². The third-order valence-corrected chi connectivity index (χ3v) is 8.13. The first kappa shape index (κ1) is 27.0. The molecule has 1 saturated heterocycles. The summed E-state index contributed by atoms with van der Waals surface area (Å²) in [5.41, 5.74) is 4.33. The van der Waals surface area contributed by atoms with Crippen LogP contribution in [0.15, 0.2) is 71.6 Å².